The molecule has 4 heteroatoms. The molecule has 4 nitrogen and oxygen atoms in total. The number of nitrogens with zero attached hydrogens (tertiary/aromatic N) is 2. The number of ether oxygens (including phenoxy) is 2. The Labute approximate surface area is 163 Å². The maximum absolute atomic E-state index is 5.60. The Kier molecular flexibility index (Phi) is 7.31. The first-order chi connectivity index (χ1) is 13.3. The summed E-state index contributed by atoms with van der Waals surface area (Å²) in [4.78, 5) is 5.02. The predicted molar refractivity (Wildman–Crippen MR) is 111 cm³/mol. The van der Waals surface area contributed by atoms with Crippen molar-refractivity contribution in [2.75, 3.05) is 46.4 Å². The van der Waals surface area contributed by atoms with E-state index < -0.39 is 0 Å². The van der Waals surface area contributed by atoms with Gasteiger partial charge in [-0.15, -0.1) is 0 Å². The standard InChI is InChI=1S/C23H30N2O2/c1-3-27-22-12-11-21(18-23(22)26-2)19-25-16-14-24(15-17-25)13-7-10-20-8-5-4-6-9-20/h4-12,18H,3,13-17,19H2,1-2H3. The van der Waals surface area contributed by atoms with E-state index in [1.807, 2.05) is 13.0 Å². The van der Waals surface area contributed by atoms with Crippen molar-refractivity contribution in [2.24, 2.45) is 0 Å². The molecule has 0 amide bonds. The molecule has 1 aliphatic heterocycles. The molecular formula is C23H30N2O2. The Balaban J connectivity index is 1.46. The van der Waals surface area contributed by atoms with Gasteiger partial charge in [-0.2, -0.15) is 0 Å². The van der Waals surface area contributed by atoms with Gasteiger partial charge in [0.2, 0.25) is 0 Å². The molecule has 0 atom stereocenters. The highest BCUT2D eigenvalue weighted by Crippen LogP contribution is 2.28. The molecule has 0 radical (unpaired) electrons. The van der Waals surface area contributed by atoms with Gasteiger partial charge in [0, 0.05) is 39.3 Å². The van der Waals surface area contributed by atoms with Gasteiger partial charge in [0.05, 0.1) is 13.7 Å². The summed E-state index contributed by atoms with van der Waals surface area (Å²) in [5.41, 5.74) is 2.54. The van der Waals surface area contributed by atoms with Crippen LogP contribution in [0.1, 0.15) is 18.1 Å². The predicted octanol–water partition coefficient (Wildman–Crippen LogP) is 3.92. The lowest BCUT2D eigenvalue weighted by molar-refractivity contribution is 0.137. The summed E-state index contributed by atoms with van der Waals surface area (Å²) in [6, 6.07) is 16.7. The van der Waals surface area contributed by atoms with Crippen LogP contribution in [0.4, 0.5) is 0 Å². The molecule has 0 saturated carbocycles. The fourth-order valence-electron chi connectivity index (χ4n) is 3.38. The topological polar surface area (TPSA) is 24.9 Å². The second-order valence-electron chi connectivity index (χ2n) is 6.81. The maximum atomic E-state index is 5.60. The number of benzene rings is 2. The van der Waals surface area contributed by atoms with E-state index in [4.69, 9.17) is 9.47 Å². The van der Waals surface area contributed by atoms with Crippen LogP contribution >= 0.6 is 0 Å². The van der Waals surface area contributed by atoms with E-state index in [0.717, 1.165) is 50.8 Å². The summed E-state index contributed by atoms with van der Waals surface area (Å²) in [5, 5.41) is 0. The molecular weight excluding hydrogens is 336 g/mol. The molecule has 1 saturated heterocycles. The van der Waals surface area contributed by atoms with Gasteiger partial charge in [0.25, 0.3) is 0 Å². The van der Waals surface area contributed by atoms with E-state index in [9.17, 15) is 0 Å². The first-order valence-corrected chi connectivity index (χ1v) is 9.74. The molecule has 2 aromatic rings. The lowest BCUT2D eigenvalue weighted by Crippen LogP contribution is -2.45. The Bertz CT molecular complexity index is 722. The zero-order valence-corrected chi connectivity index (χ0v) is 16.4. The van der Waals surface area contributed by atoms with E-state index in [2.05, 4.69) is 64.4 Å². The summed E-state index contributed by atoms with van der Waals surface area (Å²) in [5.74, 6) is 1.64. The Morgan fingerprint density at radius 2 is 1.67 bits per heavy atom. The quantitative estimate of drug-likeness (QED) is 0.707. The highest BCUT2D eigenvalue weighted by molar-refractivity contribution is 5.48. The lowest BCUT2D eigenvalue weighted by Gasteiger charge is -2.34. The molecule has 1 aliphatic rings. The van der Waals surface area contributed by atoms with E-state index in [1.54, 1.807) is 7.11 Å². The van der Waals surface area contributed by atoms with Crippen molar-refractivity contribution in [2.45, 2.75) is 13.5 Å². The van der Waals surface area contributed by atoms with Gasteiger partial charge in [0.1, 0.15) is 0 Å². The third-order valence-corrected chi connectivity index (χ3v) is 4.87. The Morgan fingerprint density at radius 3 is 2.37 bits per heavy atom. The molecule has 0 N–H and O–H groups in total. The van der Waals surface area contributed by atoms with Crippen LogP contribution in [-0.4, -0.2) is 56.2 Å². The number of piperazine rings is 1. The van der Waals surface area contributed by atoms with Crippen LogP contribution in [0.2, 0.25) is 0 Å². The number of rotatable bonds is 8. The summed E-state index contributed by atoms with van der Waals surface area (Å²) in [6.07, 6.45) is 4.47. The molecule has 0 spiro atoms. The number of hydrogen-bond acceptors (Lipinski definition) is 4. The molecule has 1 heterocycles. The fourth-order valence-corrected chi connectivity index (χ4v) is 3.38. The molecule has 0 bridgehead atoms. The van der Waals surface area contributed by atoms with E-state index in [0.29, 0.717) is 6.61 Å². The normalized spacial score (nSPS) is 15.9. The van der Waals surface area contributed by atoms with Crippen LogP contribution in [0.15, 0.2) is 54.6 Å². The van der Waals surface area contributed by atoms with Gasteiger partial charge in [-0.05, 0) is 30.2 Å². The molecule has 0 unspecified atom stereocenters. The monoisotopic (exact) mass is 366 g/mol. The average Bonchev–Trinajstić information content (AvgIpc) is 2.71. The van der Waals surface area contributed by atoms with E-state index >= 15 is 0 Å². The van der Waals surface area contributed by atoms with Crippen LogP contribution in [0.25, 0.3) is 6.08 Å². The zero-order valence-electron chi connectivity index (χ0n) is 16.4. The molecule has 27 heavy (non-hydrogen) atoms. The molecule has 2 aromatic carbocycles. The minimum absolute atomic E-state index is 0.649. The smallest absolute Gasteiger partial charge is 0.161 e. The van der Waals surface area contributed by atoms with Gasteiger partial charge in [-0.1, -0.05) is 48.6 Å². The van der Waals surface area contributed by atoms with Crippen LogP contribution in [-0.2, 0) is 6.54 Å². The zero-order chi connectivity index (χ0) is 18.9. The second-order valence-corrected chi connectivity index (χ2v) is 6.81. The van der Waals surface area contributed by atoms with E-state index in [-0.39, 0.29) is 0 Å². The molecule has 0 aliphatic carbocycles. The molecule has 0 aromatic heterocycles. The van der Waals surface area contributed by atoms with Crippen molar-refractivity contribution < 1.29 is 9.47 Å². The number of hydrogen-bond donors (Lipinski definition) is 0. The third-order valence-electron chi connectivity index (χ3n) is 4.87. The highest BCUT2D eigenvalue weighted by atomic mass is 16.5. The van der Waals surface area contributed by atoms with Crippen LogP contribution in [0.5, 0.6) is 11.5 Å². The third kappa shape index (κ3) is 5.84. The molecule has 1 fully saturated rings. The van der Waals surface area contributed by atoms with Crippen molar-refractivity contribution in [1.29, 1.82) is 0 Å². The largest absolute Gasteiger partial charge is 0.493 e. The van der Waals surface area contributed by atoms with Gasteiger partial charge in [0.15, 0.2) is 11.5 Å². The van der Waals surface area contributed by atoms with Gasteiger partial charge in [-0.25, -0.2) is 0 Å². The minimum Gasteiger partial charge on any atom is -0.493 e. The minimum atomic E-state index is 0.649. The average molecular weight is 367 g/mol. The highest BCUT2D eigenvalue weighted by Gasteiger charge is 2.16. The number of methoxy groups -OCH3 is 1. The summed E-state index contributed by atoms with van der Waals surface area (Å²) in [6.45, 7) is 9.00. The first kappa shape index (κ1) is 19.5. The molecule has 3 rings (SSSR count). The Hall–Kier alpha value is -2.30. The van der Waals surface area contributed by atoms with Crippen LogP contribution in [0.3, 0.4) is 0 Å². The second kappa shape index (κ2) is 10.1. The maximum Gasteiger partial charge on any atom is 0.161 e. The Morgan fingerprint density at radius 1 is 0.926 bits per heavy atom. The van der Waals surface area contributed by atoms with Crippen LogP contribution in [0, 0.1) is 0 Å². The lowest BCUT2D eigenvalue weighted by atomic mass is 10.1. The van der Waals surface area contributed by atoms with E-state index in [1.165, 1.54) is 11.1 Å². The fraction of sp³-hybridized carbons (Fsp3) is 0.391. The molecule has 144 valence electrons. The van der Waals surface area contributed by atoms with Crippen molar-refractivity contribution in [3.63, 3.8) is 0 Å². The van der Waals surface area contributed by atoms with Gasteiger partial charge < -0.3 is 9.47 Å². The van der Waals surface area contributed by atoms with Crippen molar-refractivity contribution >= 4 is 6.08 Å². The summed E-state index contributed by atoms with van der Waals surface area (Å²) >= 11 is 0. The summed E-state index contributed by atoms with van der Waals surface area (Å²) in [7, 11) is 1.70. The van der Waals surface area contributed by atoms with Gasteiger partial charge in [-0.3, -0.25) is 9.80 Å². The van der Waals surface area contributed by atoms with Crippen LogP contribution < -0.4 is 9.47 Å². The first-order valence-electron chi connectivity index (χ1n) is 9.74. The van der Waals surface area contributed by atoms with Crippen molar-refractivity contribution in [3.05, 3.63) is 65.7 Å². The van der Waals surface area contributed by atoms with Gasteiger partial charge >= 0.3 is 0 Å². The van der Waals surface area contributed by atoms with Crippen molar-refractivity contribution in [1.82, 2.24) is 9.80 Å². The summed E-state index contributed by atoms with van der Waals surface area (Å²) < 4.78 is 11.1. The van der Waals surface area contributed by atoms with Crippen molar-refractivity contribution in [3.8, 4) is 11.5 Å². The SMILES string of the molecule is CCOc1ccc(CN2CCN(CC=Cc3ccccc3)CC2)cc1OC.